The van der Waals surface area contributed by atoms with Crippen molar-refractivity contribution >= 4 is 28.9 Å². The van der Waals surface area contributed by atoms with Gasteiger partial charge < -0.3 is 15.4 Å². The number of morpholine rings is 1. The van der Waals surface area contributed by atoms with Gasteiger partial charge in [0.15, 0.2) is 0 Å². The van der Waals surface area contributed by atoms with E-state index in [0.717, 1.165) is 38.5 Å². The Morgan fingerprint density at radius 3 is 2.84 bits per heavy atom. The van der Waals surface area contributed by atoms with Crippen LogP contribution in [0, 0.1) is 0 Å². The van der Waals surface area contributed by atoms with Crippen molar-refractivity contribution in [2.75, 3.05) is 44.7 Å². The number of nitrogens with one attached hydrogen (secondary N) is 2. The van der Waals surface area contributed by atoms with E-state index in [-0.39, 0.29) is 5.91 Å². The van der Waals surface area contributed by atoms with Crippen LogP contribution in [-0.4, -0.2) is 55.2 Å². The fraction of sp³-hybridized carbons (Fsp3) is 0.333. The van der Waals surface area contributed by atoms with E-state index in [2.05, 4.69) is 20.5 Å². The minimum atomic E-state index is -0.136. The molecule has 1 aliphatic heterocycles. The summed E-state index contributed by atoms with van der Waals surface area (Å²) < 4.78 is 5.31. The van der Waals surface area contributed by atoms with E-state index in [9.17, 15) is 4.79 Å². The van der Waals surface area contributed by atoms with Crippen molar-refractivity contribution in [1.29, 1.82) is 0 Å². The summed E-state index contributed by atoms with van der Waals surface area (Å²) in [6.45, 7) is 4.76. The summed E-state index contributed by atoms with van der Waals surface area (Å²) in [6, 6.07) is 9.20. The topological polar surface area (TPSA) is 66.5 Å². The number of hydrogen-bond acceptors (Lipinski definition) is 5. The maximum atomic E-state index is 12.3. The van der Waals surface area contributed by atoms with Crippen LogP contribution < -0.4 is 10.6 Å². The smallest absolute Gasteiger partial charge is 0.252 e. The van der Waals surface area contributed by atoms with Crippen molar-refractivity contribution in [2.45, 2.75) is 0 Å². The number of halogens is 1. The first kappa shape index (κ1) is 17.7. The zero-order valence-electron chi connectivity index (χ0n) is 13.9. The van der Waals surface area contributed by atoms with Crippen molar-refractivity contribution in [3.63, 3.8) is 0 Å². The average molecular weight is 361 g/mol. The number of anilines is 2. The van der Waals surface area contributed by atoms with Crippen molar-refractivity contribution in [2.24, 2.45) is 0 Å². The Morgan fingerprint density at radius 2 is 2.04 bits per heavy atom. The van der Waals surface area contributed by atoms with Crippen molar-refractivity contribution in [3.05, 3.63) is 53.3 Å². The van der Waals surface area contributed by atoms with Gasteiger partial charge >= 0.3 is 0 Å². The number of amides is 1. The van der Waals surface area contributed by atoms with E-state index >= 15 is 0 Å². The predicted molar refractivity (Wildman–Crippen MR) is 98.6 cm³/mol. The quantitative estimate of drug-likeness (QED) is 0.828. The van der Waals surface area contributed by atoms with Crippen molar-refractivity contribution in [1.82, 2.24) is 15.2 Å². The number of pyridine rings is 1. The summed E-state index contributed by atoms with van der Waals surface area (Å²) in [5, 5.41) is 6.73. The van der Waals surface area contributed by atoms with Gasteiger partial charge in [-0.05, 0) is 18.2 Å². The molecule has 6 nitrogen and oxygen atoms in total. The van der Waals surface area contributed by atoms with Crippen LogP contribution in [-0.2, 0) is 4.74 Å². The molecule has 0 atom stereocenters. The summed E-state index contributed by atoms with van der Waals surface area (Å²) in [6.07, 6.45) is 3.22. The molecule has 2 N–H and O–H groups in total. The lowest BCUT2D eigenvalue weighted by Crippen LogP contribution is -2.41. The molecular weight excluding hydrogens is 340 g/mol. The van der Waals surface area contributed by atoms with E-state index in [0.29, 0.717) is 22.8 Å². The molecule has 132 valence electrons. The van der Waals surface area contributed by atoms with Crippen LogP contribution in [0.25, 0.3) is 0 Å². The first-order chi connectivity index (χ1) is 12.2. The highest BCUT2D eigenvalue weighted by molar-refractivity contribution is 6.33. The molecule has 0 spiro atoms. The number of rotatable bonds is 6. The van der Waals surface area contributed by atoms with Gasteiger partial charge in [0.25, 0.3) is 5.91 Å². The molecule has 25 heavy (non-hydrogen) atoms. The molecule has 0 saturated carbocycles. The number of carbonyl (C=O) groups excluding carboxylic acids is 1. The van der Waals surface area contributed by atoms with Gasteiger partial charge in [-0.15, -0.1) is 0 Å². The summed E-state index contributed by atoms with van der Waals surface area (Å²) in [5.41, 5.74) is 2.00. The lowest BCUT2D eigenvalue weighted by Gasteiger charge is -2.26. The summed E-state index contributed by atoms with van der Waals surface area (Å²) in [5.74, 6) is -0.136. The van der Waals surface area contributed by atoms with Crippen LogP contribution in [0.15, 0.2) is 42.7 Å². The molecule has 1 aromatic carbocycles. The summed E-state index contributed by atoms with van der Waals surface area (Å²) in [7, 11) is 0. The highest BCUT2D eigenvalue weighted by Crippen LogP contribution is 2.24. The summed E-state index contributed by atoms with van der Waals surface area (Å²) >= 11 is 6.14. The molecule has 0 bridgehead atoms. The highest BCUT2D eigenvalue weighted by Gasteiger charge is 2.11. The zero-order chi connectivity index (χ0) is 17.5. The summed E-state index contributed by atoms with van der Waals surface area (Å²) in [4.78, 5) is 18.7. The average Bonchev–Trinajstić information content (AvgIpc) is 2.65. The molecule has 1 aromatic heterocycles. The second-order valence-corrected chi connectivity index (χ2v) is 6.18. The molecule has 0 radical (unpaired) electrons. The first-order valence-electron chi connectivity index (χ1n) is 8.27. The van der Waals surface area contributed by atoms with Crippen LogP contribution >= 0.6 is 11.6 Å². The molecule has 7 heteroatoms. The third kappa shape index (κ3) is 5.16. The number of ether oxygens (including phenoxy) is 1. The minimum Gasteiger partial charge on any atom is -0.379 e. The molecule has 1 aliphatic rings. The highest BCUT2D eigenvalue weighted by atomic mass is 35.5. The minimum absolute atomic E-state index is 0.136. The normalized spacial score (nSPS) is 14.9. The molecule has 2 aromatic rings. The van der Waals surface area contributed by atoms with E-state index < -0.39 is 0 Å². The number of nitrogens with zero attached hydrogens (tertiary/aromatic N) is 2. The fourth-order valence-electron chi connectivity index (χ4n) is 2.60. The number of aromatic nitrogens is 1. The Bertz CT molecular complexity index is 720. The molecule has 1 saturated heterocycles. The van der Waals surface area contributed by atoms with Gasteiger partial charge in [0.05, 0.1) is 41.4 Å². The standard InChI is InChI=1S/C18H21ClN4O2/c19-16-3-1-2-4-17(16)22-15-11-14(12-20-13-15)18(24)21-5-6-23-7-9-25-10-8-23/h1-4,11-13,22H,5-10H2,(H,21,24). The van der Waals surface area contributed by atoms with Gasteiger partial charge in [-0.3, -0.25) is 14.7 Å². The second-order valence-electron chi connectivity index (χ2n) is 5.78. The molecule has 3 rings (SSSR count). The molecule has 1 fully saturated rings. The molecular formula is C18H21ClN4O2. The molecule has 0 unspecified atom stereocenters. The molecule has 2 heterocycles. The largest absolute Gasteiger partial charge is 0.379 e. The van der Waals surface area contributed by atoms with Gasteiger partial charge in [-0.2, -0.15) is 0 Å². The van der Waals surface area contributed by atoms with Gasteiger partial charge in [0, 0.05) is 32.4 Å². The third-order valence-electron chi connectivity index (χ3n) is 3.97. The van der Waals surface area contributed by atoms with Crippen LogP contribution in [0.3, 0.4) is 0 Å². The first-order valence-corrected chi connectivity index (χ1v) is 8.65. The van der Waals surface area contributed by atoms with E-state index in [1.165, 1.54) is 0 Å². The number of para-hydroxylation sites is 1. The zero-order valence-corrected chi connectivity index (χ0v) is 14.6. The Labute approximate surface area is 152 Å². The van der Waals surface area contributed by atoms with Crippen LogP contribution in [0.2, 0.25) is 5.02 Å². The number of benzene rings is 1. The number of carbonyl (C=O) groups is 1. The van der Waals surface area contributed by atoms with Crippen molar-refractivity contribution in [3.8, 4) is 0 Å². The van der Waals surface area contributed by atoms with Gasteiger partial charge in [-0.1, -0.05) is 23.7 Å². The lowest BCUT2D eigenvalue weighted by atomic mass is 10.2. The second kappa shape index (κ2) is 8.80. The van der Waals surface area contributed by atoms with Crippen LogP contribution in [0.5, 0.6) is 0 Å². The Hall–Kier alpha value is -2.15. The maximum absolute atomic E-state index is 12.3. The van der Waals surface area contributed by atoms with Crippen molar-refractivity contribution < 1.29 is 9.53 Å². The van der Waals surface area contributed by atoms with E-state index in [1.54, 1.807) is 24.5 Å². The number of hydrogen-bond donors (Lipinski definition) is 2. The van der Waals surface area contributed by atoms with Gasteiger partial charge in [0.2, 0.25) is 0 Å². The molecule has 1 amide bonds. The third-order valence-corrected chi connectivity index (χ3v) is 4.30. The Kier molecular flexibility index (Phi) is 6.22. The molecule has 0 aliphatic carbocycles. The van der Waals surface area contributed by atoms with Gasteiger partial charge in [0.1, 0.15) is 0 Å². The van der Waals surface area contributed by atoms with Gasteiger partial charge in [-0.25, -0.2) is 0 Å². The predicted octanol–water partition coefficient (Wildman–Crippen LogP) is 2.54. The SMILES string of the molecule is O=C(NCCN1CCOCC1)c1cncc(Nc2ccccc2Cl)c1. The van der Waals surface area contributed by atoms with Crippen LogP contribution in [0.1, 0.15) is 10.4 Å². The maximum Gasteiger partial charge on any atom is 0.252 e. The lowest BCUT2D eigenvalue weighted by molar-refractivity contribution is 0.0383. The monoisotopic (exact) mass is 360 g/mol. The fourth-order valence-corrected chi connectivity index (χ4v) is 2.79. The van der Waals surface area contributed by atoms with E-state index in [1.807, 2.05) is 18.2 Å². The van der Waals surface area contributed by atoms with E-state index in [4.69, 9.17) is 16.3 Å². The Morgan fingerprint density at radius 1 is 1.24 bits per heavy atom. The Balaban J connectivity index is 1.55. The van der Waals surface area contributed by atoms with Crippen LogP contribution in [0.4, 0.5) is 11.4 Å².